The Labute approximate surface area is 345 Å². The Morgan fingerprint density at radius 2 is 1.68 bits per heavy atom. The first kappa shape index (κ1) is 38.1. The summed E-state index contributed by atoms with van der Waals surface area (Å²) in [6.07, 6.45) is 11.3. The molecule has 314 valence electrons. The van der Waals surface area contributed by atoms with Gasteiger partial charge in [-0.2, -0.15) is 10.2 Å². The predicted octanol–water partition coefficient (Wildman–Crippen LogP) is 5.71. The molecule has 5 fully saturated rings. The smallest absolute Gasteiger partial charge is 0.255 e. The fourth-order valence-corrected chi connectivity index (χ4v) is 9.80. The molecule has 6 heterocycles. The molecule has 0 radical (unpaired) electrons. The minimum absolute atomic E-state index is 0. The standard InChI is InChI=1S/C44H52FN9O5.2H2/c1-44(14-15-44)59-31-6-8-35-33(23-31)41(50-48-35)28-22-38(49-46-24-28)53-16-12-30(13-17-53)58-29-4-2-27(3-5-29)25-51-18-20-52(21-19-51)36-9-7-32-34(40(36)45)26-54(43(32)57)37-10-11-39(55)47-42(37)56;;/h6-9,22-24,27,29-30,37H,2-5,10-21,25-26H2,1H3,(H,48,50)(H,47,55,56);2*1H. The molecule has 4 aliphatic heterocycles. The number of fused-ring (bicyclic) bond motifs is 2. The van der Waals surface area contributed by atoms with Crippen molar-refractivity contribution in [2.75, 3.05) is 55.6 Å². The van der Waals surface area contributed by atoms with E-state index in [0.29, 0.717) is 41.9 Å². The van der Waals surface area contributed by atoms with Crippen molar-refractivity contribution >= 4 is 40.1 Å². The van der Waals surface area contributed by atoms with E-state index >= 15 is 4.39 Å². The third-order valence-corrected chi connectivity index (χ3v) is 13.6. The summed E-state index contributed by atoms with van der Waals surface area (Å²) in [5.74, 6) is 0.789. The Balaban J connectivity index is 0.00000257. The lowest BCUT2D eigenvalue weighted by Gasteiger charge is -2.40. The second kappa shape index (κ2) is 15.5. The number of nitrogens with one attached hydrogen (secondary N) is 2. The lowest BCUT2D eigenvalue weighted by atomic mass is 9.86. The molecule has 59 heavy (non-hydrogen) atoms. The largest absolute Gasteiger partial charge is 0.488 e. The van der Waals surface area contributed by atoms with Gasteiger partial charge >= 0.3 is 0 Å². The molecule has 6 aliphatic rings. The zero-order valence-electron chi connectivity index (χ0n) is 33.6. The Kier molecular flexibility index (Phi) is 9.98. The van der Waals surface area contributed by atoms with Crippen LogP contribution >= 0.6 is 0 Å². The third kappa shape index (κ3) is 7.74. The number of anilines is 2. The number of carbonyl (C=O) groups is 3. The molecule has 1 atom stereocenters. The van der Waals surface area contributed by atoms with Gasteiger partial charge in [0.05, 0.1) is 36.2 Å². The summed E-state index contributed by atoms with van der Waals surface area (Å²) in [6, 6.07) is 10.8. The van der Waals surface area contributed by atoms with Gasteiger partial charge in [-0.3, -0.25) is 29.7 Å². The number of nitrogens with zero attached hydrogens (tertiary/aromatic N) is 7. The monoisotopic (exact) mass is 809 g/mol. The topological polar surface area (TPSA) is 149 Å². The maximum atomic E-state index is 15.9. The van der Waals surface area contributed by atoms with Crippen molar-refractivity contribution in [1.82, 2.24) is 35.5 Å². The van der Waals surface area contributed by atoms with Crippen molar-refractivity contribution in [3.63, 3.8) is 0 Å². The average Bonchev–Trinajstić information content (AvgIpc) is 3.66. The number of halogens is 1. The zero-order valence-corrected chi connectivity index (χ0v) is 33.6. The second-order valence-corrected chi connectivity index (χ2v) is 17.7. The van der Waals surface area contributed by atoms with Crippen LogP contribution < -0.4 is 19.9 Å². The van der Waals surface area contributed by atoms with E-state index < -0.39 is 11.9 Å². The number of ether oxygens (including phenoxy) is 2. The van der Waals surface area contributed by atoms with Crippen molar-refractivity contribution in [3.05, 3.63) is 59.5 Å². The number of imide groups is 1. The van der Waals surface area contributed by atoms with Gasteiger partial charge in [0.25, 0.3) is 5.91 Å². The van der Waals surface area contributed by atoms with Crippen LogP contribution in [0.1, 0.15) is 89.9 Å². The Bertz CT molecular complexity index is 2270. The summed E-state index contributed by atoms with van der Waals surface area (Å²) >= 11 is 0. The van der Waals surface area contributed by atoms with E-state index in [4.69, 9.17) is 9.47 Å². The highest BCUT2D eigenvalue weighted by Crippen LogP contribution is 2.41. The van der Waals surface area contributed by atoms with E-state index in [9.17, 15) is 14.4 Å². The molecule has 2 saturated carbocycles. The normalized spacial score (nSPS) is 25.1. The van der Waals surface area contributed by atoms with Gasteiger partial charge in [0.1, 0.15) is 23.1 Å². The van der Waals surface area contributed by atoms with Crippen LogP contribution in [0.15, 0.2) is 42.6 Å². The molecule has 10 rings (SSSR count). The van der Waals surface area contributed by atoms with Gasteiger partial charge in [-0.25, -0.2) is 4.39 Å². The number of aromatic amines is 1. The minimum atomic E-state index is -0.758. The lowest BCUT2D eigenvalue weighted by Crippen LogP contribution is -2.52. The average molecular weight is 810 g/mol. The third-order valence-electron chi connectivity index (χ3n) is 13.6. The van der Waals surface area contributed by atoms with Gasteiger partial charge in [-0.15, -0.1) is 5.10 Å². The van der Waals surface area contributed by atoms with Gasteiger partial charge in [0.2, 0.25) is 11.8 Å². The number of carbonyl (C=O) groups excluding carboxylic acids is 3. The highest BCUT2D eigenvalue weighted by atomic mass is 19.1. The summed E-state index contributed by atoms with van der Waals surface area (Å²) in [4.78, 5) is 45.5. The van der Waals surface area contributed by atoms with Crippen molar-refractivity contribution in [3.8, 4) is 17.0 Å². The second-order valence-electron chi connectivity index (χ2n) is 17.7. The number of benzene rings is 2. The number of amides is 3. The van der Waals surface area contributed by atoms with Crippen LogP contribution in [0.3, 0.4) is 0 Å². The number of hydrogen-bond acceptors (Lipinski definition) is 11. The highest BCUT2D eigenvalue weighted by molar-refractivity contribution is 6.05. The van der Waals surface area contributed by atoms with Crippen LogP contribution in [0.5, 0.6) is 5.75 Å². The summed E-state index contributed by atoms with van der Waals surface area (Å²) in [7, 11) is 0. The molecule has 3 amide bonds. The zero-order chi connectivity index (χ0) is 40.3. The molecule has 3 saturated heterocycles. The van der Waals surface area contributed by atoms with Crippen LogP contribution in [0, 0.1) is 11.7 Å². The minimum Gasteiger partial charge on any atom is -0.488 e. The number of piperidine rings is 2. The van der Waals surface area contributed by atoms with E-state index in [0.717, 1.165) is 118 Å². The van der Waals surface area contributed by atoms with E-state index in [2.05, 4.69) is 59.5 Å². The predicted molar refractivity (Wildman–Crippen MR) is 223 cm³/mol. The quantitative estimate of drug-likeness (QED) is 0.190. The van der Waals surface area contributed by atoms with Crippen LogP contribution in [0.25, 0.3) is 22.2 Å². The fourth-order valence-electron chi connectivity index (χ4n) is 9.80. The van der Waals surface area contributed by atoms with Gasteiger partial charge in [-0.1, -0.05) is 0 Å². The van der Waals surface area contributed by atoms with Crippen molar-refractivity contribution < 1.29 is 31.1 Å². The molecule has 0 spiro atoms. The van der Waals surface area contributed by atoms with Crippen molar-refractivity contribution in [1.29, 1.82) is 0 Å². The van der Waals surface area contributed by atoms with E-state index in [1.165, 1.54) is 4.90 Å². The van der Waals surface area contributed by atoms with Crippen LogP contribution in [-0.2, 0) is 20.9 Å². The van der Waals surface area contributed by atoms with E-state index in [1.807, 2.05) is 12.1 Å². The number of H-pyrrole nitrogens is 1. The SMILES string of the molecule is CC1(Oc2ccc3[nH]nc(-c4cnnc(N5CCC(OC6CCC(CN7CCN(c8ccc9c(c8F)CN(C8CCC(=O)NC8=O)C9=O)CC7)CC6)CC5)c4)c3c2)CC1.[HH].[HH]. The maximum absolute atomic E-state index is 15.9. The molecular weight excluding hydrogens is 754 g/mol. The first-order valence-electron chi connectivity index (χ1n) is 21.5. The van der Waals surface area contributed by atoms with Gasteiger partial charge in [0.15, 0.2) is 11.6 Å². The molecule has 2 aromatic heterocycles. The summed E-state index contributed by atoms with van der Waals surface area (Å²) in [6.45, 7) is 8.11. The highest BCUT2D eigenvalue weighted by Gasteiger charge is 2.42. The maximum Gasteiger partial charge on any atom is 0.255 e. The van der Waals surface area contributed by atoms with Gasteiger partial charge < -0.3 is 24.2 Å². The molecular formula is C44H56FN9O5. The molecule has 1 unspecified atom stereocenters. The van der Waals surface area contributed by atoms with E-state index in [1.54, 1.807) is 18.3 Å². The van der Waals surface area contributed by atoms with Crippen molar-refractivity contribution in [2.45, 2.75) is 102 Å². The Hall–Kier alpha value is -5.15. The van der Waals surface area contributed by atoms with Gasteiger partial charge in [0, 0.05) is 77.2 Å². The molecule has 2 aliphatic carbocycles. The van der Waals surface area contributed by atoms with Crippen LogP contribution in [-0.4, -0.2) is 118 Å². The summed E-state index contributed by atoms with van der Waals surface area (Å²) < 4.78 is 28.9. The first-order valence-corrected chi connectivity index (χ1v) is 21.5. The fraction of sp³-hybridized carbons (Fsp3) is 0.545. The number of aromatic nitrogens is 4. The lowest BCUT2D eigenvalue weighted by molar-refractivity contribution is -0.136. The summed E-state index contributed by atoms with van der Waals surface area (Å²) in [5, 5.41) is 20.0. The summed E-state index contributed by atoms with van der Waals surface area (Å²) in [5.41, 5.74) is 3.86. The Morgan fingerprint density at radius 3 is 2.44 bits per heavy atom. The molecule has 15 heteroatoms. The molecule has 4 aromatic rings. The molecule has 0 bridgehead atoms. The number of hydrogen-bond donors (Lipinski definition) is 2. The molecule has 2 N–H and O–H groups in total. The van der Waals surface area contributed by atoms with Gasteiger partial charge in [-0.05, 0) is 107 Å². The Morgan fingerprint density at radius 1 is 0.898 bits per heavy atom. The molecule has 14 nitrogen and oxygen atoms in total. The van der Waals surface area contributed by atoms with Crippen LogP contribution in [0.4, 0.5) is 15.9 Å². The van der Waals surface area contributed by atoms with Crippen molar-refractivity contribution in [2.24, 2.45) is 5.92 Å². The van der Waals surface area contributed by atoms with Crippen LogP contribution in [0.2, 0.25) is 0 Å². The molecule has 2 aromatic carbocycles. The number of piperazine rings is 1. The first-order chi connectivity index (χ1) is 28.7. The van der Waals surface area contributed by atoms with E-state index in [-0.39, 0.29) is 51.6 Å². The number of rotatable bonds is 10.